The van der Waals surface area contributed by atoms with Crippen LogP contribution in [0.4, 0.5) is 0 Å². The molecule has 4 rings (SSSR count). The number of esters is 1. The van der Waals surface area contributed by atoms with Crippen LogP contribution in [0.25, 0.3) is 22.5 Å². The molecule has 0 spiro atoms. The molecule has 6 nitrogen and oxygen atoms in total. The van der Waals surface area contributed by atoms with Crippen LogP contribution in [0.1, 0.15) is 11.6 Å². The van der Waals surface area contributed by atoms with Crippen LogP contribution in [0.2, 0.25) is 0 Å². The molecule has 0 aliphatic heterocycles. The molecule has 0 aliphatic carbocycles. The minimum absolute atomic E-state index is 0.0484. The zero-order valence-electron chi connectivity index (χ0n) is 18.5. The van der Waals surface area contributed by atoms with Crippen LogP contribution >= 0.6 is 11.8 Å². The summed E-state index contributed by atoms with van der Waals surface area (Å²) >= 11 is 1.22. The van der Waals surface area contributed by atoms with E-state index in [0.717, 1.165) is 22.5 Å². The molecule has 3 aromatic carbocycles. The first-order chi connectivity index (χ1) is 16.6. The van der Waals surface area contributed by atoms with Crippen molar-refractivity contribution in [1.82, 2.24) is 15.3 Å². The molecule has 0 radical (unpaired) electrons. The van der Waals surface area contributed by atoms with Gasteiger partial charge in [0, 0.05) is 11.1 Å². The Hall–Kier alpha value is -3.97. The number of carbonyl (C=O) groups excluding carboxylic acids is 2. The van der Waals surface area contributed by atoms with Crippen molar-refractivity contribution in [3.05, 3.63) is 103 Å². The summed E-state index contributed by atoms with van der Waals surface area (Å²) in [7, 11) is 1.30. The van der Waals surface area contributed by atoms with E-state index in [-0.39, 0.29) is 11.7 Å². The van der Waals surface area contributed by atoms with Crippen molar-refractivity contribution in [2.24, 2.45) is 0 Å². The van der Waals surface area contributed by atoms with Gasteiger partial charge in [0.15, 0.2) is 11.2 Å². The molecular weight excluding hydrogens is 446 g/mol. The van der Waals surface area contributed by atoms with Crippen LogP contribution in [0.15, 0.2) is 102 Å². The molecule has 0 bridgehead atoms. The highest BCUT2D eigenvalue weighted by molar-refractivity contribution is 7.99. The van der Waals surface area contributed by atoms with Gasteiger partial charge < -0.3 is 10.1 Å². The number of methoxy groups -OCH3 is 1. The summed E-state index contributed by atoms with van der Waals surface area (Å²) in [5.74, 6) is -0.801. The Labute approximate surface area is 202 Å². The number of nitrogens with one attached hydrogen (secondary N) is 1. The largest absolute Gasteiger partial charge is 0.467 e. The van der Waals surface area contributed by atoms with Gasteiger partial charge in [-0.3, -0.25) is 4.79 Å². The van der Waals surface area contributed by atoms with E-state index in [1.165, 1.54) is 18.9 Å². The van der Waals surface area contributed by atoms with E-state index in [0.29, 0.717) is 10.7 Å². The highest BCUT2D eigenvalue weighted by Gasteiger charge is 2.23. The summed E-state index contributed by atoms with van der Waals surface area (Å²) in [4.78, 5) is 34.3. The first kappa shape index (κ1) is 23.2. The minimum Gasteiger partial charge on any atom is -0.467 e. The SMILES string of the molecule is COC(=O)[C@@H](NC(=O)CSc1nc(-c2ccccc2)cc(-c2ccccc2)n1)c1ccccc1. The van der Waals surface area contributed by atoms with Gasteiger partial charge in [0.25, 0.3) is 0 Å². The average molecular weight is 470 g/mol. The van der Waals surface area contributed by atoms with Crippen LogP contribution in [0.5, 0.6) is 0 Å². The Morgan fingerprint density at radius 1 is 0.824 bits per heavy atom. The summed E-state index contributed by atoms with van der Waals surface area (Å²) in [6.07, 6.45) is 0. The molecule has 0 fully saturated rings. The van der Waals surface area contributed by atoms with E-state index in [9.17, 15) is 9.59 Å². The van der Waals surface area contributed by atoms with Crippen molar-refractivity contribution in [1.29, 1.82) is 0 Å². The number of rotatable bonds is 8. The number of benzene rings is 3. The van der Waals surface area contributed by atoms with Crippen molar-refractivity contribution in [3.63, 3.8) is 0 Å². The van der Waals surface area contributed by atoms with Crippen molar-refractivity contribution in [2.45, 2.75) is 11.2 Å². The second kappa shape index (κ2) is 11.2. The maximum absolute atomic E-state index is 12.7. The topological polar surface area (TPSA) is 81.2 Å². The standard InChI is InChI=1S/C27H23N3O3S/c1-33-26(32)25(21-15-9-4-10-16-21)30-24(31)18-34-27-28-22(19-11-5-2-6-12-19)17-23(29-27)20-13-7-3-8-14-20/h2-17,25H,18H2,1H3,(H,30,31)/t25-/m0/s1. The Balaban J connectivity index is 1.55. The number of hydrogen-bond acceptors (Lipinski definition) is 6. The molecule has 0 unspecified atom stereocenters. The lowest BCUT2D eigenvalue weighted by molar-refractivity contribution is -0.145. The second-order valence-corrected chi connectivity index (χ2v) is 8.32. The fraction of sp³-hybridized carbons (Fsp3) is 0.111. The molecule has 1 aromatic heterocycles. The number of carbonyl (C=O) groups is 2. The molecule has 1 amide bonds. The van der Waals surface area contributed by atoms with E-state index in [1.54, 1.807) is 24.3 Å². The Kier molecular flexibility index (Phi) is 7.67. The monoisotopic (exact) mass is 469 g/mol. The summed E-state index contributed by atoms with van der Waals surface area (Å²) < 4.78 is 4.87. The molecule has 7 heteroatoms. The van der Waals surface area contributed by atoms with Gasteiger partial charge in [-0.25, -0.2) is 14.8 Å². The number of nitrogens with zero attached hydrogens (tertiary/aromatic N) is 2. The van der Waals surface area contributed by atoms with Gasteiger partial charge in [0.05, 0.1) is 24.3 Å². The molecule has 0 saturated heterocycles. The van der Waals surface area contributed by atoms with Crippen LogP contribution < -0.4 is 5.32 Å². The third-order valence-corrected chi connectivity index (χ3v) is 5.90. The second-order valence-electron chi connectivity index (χ2n) is 7.38. The molecule has 170 valence electrons. The number of amides is 1. The summed E-state index contributed by atoms with van der Waals surface area (Å²) in [5, 5.41) is 3.23. The van der Waals surface area contributed by atoms with E-state index < -0.39 is 12.0 Å². The Morgan fingerprint density at radius 3 is 1.82 bits per heavy atom. The molecule has 1 heterocycles. The predicted octanol–water partition coefficient (Wildman–Crippen LogP) is 4.93. The fourth-order valence-corrected chi connectivity index (χ4v) is 4.05. The molecule has 0 aliphatic rings. The lowest BCUT2D eigenvalue weighted by atomic mass is 10.1. The zero-order chi connectivity index (χ0) is 23.8. The summed E-state index contributed by atoms with van der Waals surface area (Å²) in [6, 6.07) is 29.7. The first-order valence-corrected chi connectivity index (χ1v) is 11.7. The third kappa shape index (κ3) is 5.88. The van der Waals surface area contributed by atoms with Crippen molar-refractivity contribution < 1.29 is 14.3 Å². The van der Waals surface area contributed by atoms with E-state index >= 15 is 0 Å². The zero-order valence-corrected chi connectivity index (χ0v) is 19.4. The quantitative estimate of drug-likeness (QED) is 0.224. The fourth-order valence-electron chi connectivity index (χ4n) is 3.38. The van der Waals surface area contributed by atoms with E-state index in [1.807, 2.05) is 72.8 Å². The lowest BCUT2D eigenvalue weighted by Gasteiger charge is -2.16. The highest BCUT2D eigenvalue weighted by atomic mass is 32.2. The van der Waals surface area contributed by atoms with Gasteiger partial charge in [-0.2, -0.15) is 0 Å². The van der Waals surface area contributed by atoms with Crippen molar-refractivity contribution in [2.75, 3.05) is 12.9 Å². The molecule has 1 atom stereocenters. The molecular formula is C27H23N3O3S. The summed E-state index contributed by atoms with van der Waals surface area (Å²) in [6.45, 7) is 0. The summed E-state index contributed by atoms with van der Waals surface area (Å²) in [5.41, 5.74) is 4.12. The van der Waals surface area contributed by atoms with Gasteiger partial charge in [0.1, 0.15) is 0 Å². The third-order valence-electron chi connectivity index (χ3n) is 5.05. The van der Waals surface area contributed by atoms with E-state index in [2.05, 4.69) is 15.3 Å². The Morgan fingerprint density at radius 2 is 1.32 bits per heavy atom. The predicted molar refractivity (Wildman–Crippen MR) is 133 cm³/mol. The number of thioether (sulfide) groups is 1. The van der Waals surface area contributed by atoms with E-state index in [4.69, 9.17) is 4.74 Å². The van der Waals surface area contributed by atoms with Gasteiger partial charge >= 0.3 is 5.97 Å². The number of aromatic nitrogens is 2. The lowest BCUT2D eigenvalue weighted by Crippen LogP contribution is -2.35. The maximum atomic E-state index is 12.7. The number of hydrogen-bond donors (Lipinski definition) is 1. The molecule has 1 N–H and O–H groups in total. The van der Waals surface area contributed by atoms with Gasteiger partial charge in [-0.1, -0.05) is 103 Å². The highest BCUT2D eigenvalue weighted by Crippen LogP contribution is 2.27. The Bertz CT molecular complexity index is 1190. The van der Waals surface area contributed by atoms with Gasteiger partial charge in [0.2, 0.25) is 5.91 Å². The van der Waals surface area contributed by atoms with Crippen molar-refractivity contribution in [3.8, 4) is 22.5 Å². The average Bonchev–Trinajstić information content (AvgIpc) is 2.91. The molecule has 34 heavy (non-hydrogen) atoms. The van der Waals surface area contributed by atoms with Crippen LogP contribution in [0, 0.1) is 0 Å². The van der Waals surface area contributed by atoms with Gasteiger partial charge in [-0.05, 0) is 11.6 Å². The van der Waals surface area contributed by atoms with Gasteiger partial charge in [-0.15, -0.1) is 0 Å². The maximum Gasteiger partial charge on any atom is 0.333 e. The van der Waals surface area contributed by atoms with Crippen molar-refractivity contribution >= 4 is 23.6 Å². The van der Waals surface area contributed by atoms with Crippen LogP contribution in [-0.4, -0.2) is 34.7 Å². The smallest absolute Gasteiger partial charge is 0.333 e. The number of ether oxygens (including phenoxy) is 1. The molecule has 0 saturated carbocycles. The van der Waals surface area contributed by atoms with Crippen LogP contribution in [0.3, 0.4) is 0 Å². The normalized spacial score (nSPS) is 11.4. The minimum atomic E-state index is -0.879. The first-order valence-electron chi connectivity index (χ1n) is 10.7. The molecule has 4 aromatic rings. The van der Waals surface area contributed by atoms with Crippen LogP contribution in [-0.2, 0) is 14.3 Å².